The standard InChI is InChI=1S/C16H18N2OS/c1-18(10-11-4-2-6-13(17)8-11)16(19)15-9-12-5-3-7-14(12)20-15/h2,4,6,8-9H,3,5,7,10,17H2,1H3. The van der Waals surface area contributed by atoms with Gasteiger partial charge in [-0.1, -0.05) is 12.1 Å². The molecule has 1 aromatic carbocycles. The van der Waals surface area contributed by atoms with Crippen molar-refractivity contribution in [2.45, 2.75) is 25.8 Å². The van der Waals surface area contributed by atoms with Gasteiger partial charge >= 0.3 is 0 Å². The summed E-state index contributed by atoms with van der Waals surface area (Å²) in [6.45, 7) is 0.590. The topological polar surface area (TPSA) is 46.3 Å². The lowest BCUT2D eigenvalue weighted by Gasteiger charge is -2.16. The minimum absolute atomic E-state index is 0.104. The number of nitrogen functional groups attached to an aromatic ring is 1. The number of hydrogen-bond acceptors (Lipinski definition) is 3. The van der Waals surface area contributed by atoms with Crippen molar-refractivity contribution in [2.75, 3.05) is 12.8 Å². The minimum atomic E-state index is 0.104. The molecule has 3 nitrogen and oxygen atoms in total. The maximum absolute atomic E-state index is 12.4. The minimum Gasteiger partial charge on any atom is -0.399 e. The molecule has 0 unspecified atom stereocenters. The van der Waals surface area contributed by atoms with Gasteiger partial charge in [0.05, 0.1) is 4.88 Å². The molecule has 1 amide bonds. The molecule has 0 saturated carbocycles. The maximum Gasteiger partial charge on any atom is 0.263 e. The molecule has 1 heterocycles. The highest BCUT2D eigenvalue weighted by molar-refractivity contribution is 7.14. The third-order valence-corrected chi connectivity index (χ3v) is 4.90. The van der Waals surface area contributed by atoms with E-state index in [-0.39, 0.29) is 5.91 Å². The lowest BCUT2D eigenvalue weighted by molar-refractivity contribution is 0.0790. The number of nitrogens with zero attached hydrogens (tertiary/aromatic N) is 1. The van der Waals surface area contributed by atoms with Crippen molar-refractivity contribution < 1.29 is 4.79 Å². The number of amides is 1. The van der Waals surface area contributed by atoms with Crippen LogP contribution in [0.5, 0.6) is 0 Å². The molecule has 4 heteroatoms. The number of nitrogens with two attached hydrogens (primary N) is 1. The Morgan fingerprint density at radius 2 is 2.20 bits per heavy atom. The van der Waals surface area contributed by atoms with Gasteiger partial charge in [0.1, 0.15) is 0 Å². The Bertz CT molecular complexity index is 626. The average Bonchev–Trinajstić information content (AvgIpc) is 2.98. The Morgan fingerprint density at radius 1 is 1.35 bits per heavy atom. The summed E-state index contributed by atoms with van der Waals surface area (Å²) in [6.07, 6.45) is 3.49. The van der Waals surface area contributed by atoms with Crippen LogP contribution in [-0.4, -0.2) is 17.9 Å². The molecule has 1 aliphatic carbocycles. The van der Waals surface area contributed by atoms with E-state index in [0.717, 1.165) is 29.0 Å². The van der Waals surface area contributed by atoms with Crippen LogP contribution in [0.25, 0.3) is 0 Å². The predicted octanol–water partition coefficient (Wildman–Crippen LogP) is 3.09. The summed E-state index contributed by atoms with van der Waals surface area (Å²) >= 11 is 1.66. The van der Waals surface area contributed by atoms with Gasteiger partial charge in [-0.25, -0.2) is 0 Å². The first-order valence-corrected chi connectivity index (χ1v) is 7.66. The Kier molecular flexibility index (Phi) is 3.49. The van der Waals surface area contributed by atoms with Crippen LogP contribution in [0.3, 0.4) is 0 Å². The summed E-state index contributed by atoms with van der Waals surface area (Å²) in [5.74, 6) is 0.104. The summed E-state index contributed by atoms with van der Waals surface area (Å²) in [4.78, 5) is 16.5. The van der Waals surface area contributed by atoms with Gasteiger partial charge in [-0.2, -0.15) is 0 Å². The second-order valence-electron chi connectivity index (χ2n) is 5.32. The Balaban J connectivity index is 1.73. The fourth-order valence-corrected chi connectivity index (χ4v) is 3.91. The van der Waals surface area contributed by atoms with Gasteiger partial charge in [0.2, 0.25) is 0 Å². The lowest BCUT2D eigenvalue weighted by Crippen LogP contribution is -2.25. The zero-order chi connectivity index (χ0) is 14.1. The number of benzene rings is 1. The highest BCUT2D eigenvalue weighted by Crippen LogP contribution is 2.31. The lowest BCUT2D eigenvalue weighted by atomic mass is 10.2. The molecule has 0 spiro atoms. The highest BCUT2D eigenvalue weighted by Gasteiger charge is 2.20. The fraction of sp³-hybridized carbons (Fsp3) is 0.312. The fourth-order valence-electron chi connectivity index (χ4n) is 2.66. The average molecular weight is 286 g/mol. The molecular weight excluding hydrogens is 268 g/mol. The zero-order valence-corrected chi connectivity index (χ0v) is 12.4. The Labute approximate surface area is 123 Å². The van der Waals surface area contributed by atoms with Crippen LogP contribution < -0.4 is 5.73 Å². The van der Waals surface area contributed by atoms with Crippen LogP contribution in [0.4, 0.5) is 5.69 Å². The van der Waals surface area contributed by atoms with E-state index >= 15 is 0 Å². The van der Waals surface area contributed by atoms with Crippen molar-refractivity contribution in [1.82, 2.24) is 4.90 Å². The van der Waals surface area contributed by atoms with Gasteiger partial charge < -0.3 is 10.6 Å². The molecule has 2 aromatic rings. The number of anilines is 1. The second-order valence-corrected chi connectivity index (χ2v) is 6.46. The molecular formula is C16H18N2OS. The molecule has 3 rings (SSSR count). The molecule has 0 radical (unpaired) electrons. The van der Waals surface area contributed by atoms with Crippen molar-refractivity contribution in [1.29, 1.82) is 0 Å². The van der Waals surface area contributed by atoms with Crippen LogP contribution in [0.2, 0.25) is 0 Å². The molecule has 0 bridgehead atoms. The van der Waals surface area contributed by atoms with Gasteiger partial charge in [0, 0.05) is 24.2 Å². The number of thiophene rings is 1. The van der Waals surface area contributed by atoms with Gasteiger partial charge in [-0.05, 0) is 48.6 Å². The van der Waals surface area contributed by atoms with Gasteiger partial charge in [0.15, 0.2) is 0 Å². The van der Waals surface area contributed by atoms with Crippen molar-refractivity contribution >= 4 is 22.9 Å². The van der Waals surface area contributed by atoms with Crippen LogP contribution in [-0.2, 0) is 19.4 Å². The summed E-state index contributed by atoms with van der Waals surface area (Å²) in [7, 11) is 1.84. The number of carbonyl (C=O) groups excluding carboxylic acids is 1. The number of rotatable bonds is 3. The first-order chi connectivity index (χ1) is 9.63. The van der Waals surface area contributed by atoms with E-state index in [1.54, 1.807) is 16.2 Å². The zero-order valence-electron chi connectivity index (χ0n) is 11.6. The molecule has 0 aliphatic heterocycles. The Morgan fingerprint density at radius 3 is 2.95 bits per heavy atom. The summed E-state index contributed by atoms with van der Waals surface area (Å²) in [5.41, 5.74) is 8.93. The van der Waals surface area contributed by atoms with Gasteiger partial charge in [0.25, 0.3) is 5.91 Å². The molecule has 104 valence electrons. The molecule has 1 aliphatic rings. The van der Waals surface area contributed by atoms with Gasteiger partial charge in [-0.3, -0.25) is 4.79 Å². The third-order valence-electron chi connectivity index (χ3n) is 3.67. The molecule has 1 aromatic heterocycles. The van der Waals surface area contributed by atoms with Gasteiger partial charge in [-0.15, -0.1) is 11.3 Å². The van der Waals surface area contributed by atoms with Crippen molar-refractivity contribution in [3.05, 3.63) is 51.2 Å². The number of aryl methyl sites for hydroxylation is 2. The van der Waals surface area contributed by atoms with Crippen molar-refractivity contribution in [3.8, 4) is 0 Å². The van der Waals surface area contributed by atoms with Crippen LogP contribution >= 0.6 is 11.3 Å². The number of carbonyl (C=O) groups is 1. The SMILES string of the molecule is CN(Cc1cccc(N)c1)C(=O)c1cc2c(s1)CCC2. The van der Waals surface area contributed by atoms with Crippen LogP contribution in [0.1, 0.15) is 32.1 Å². The van der Waals surface area contributed by atoms with E-state index in [4.69, 9.17) is 5.73 Å². The number of fused-ring (bicyclic) bond motifs is 1. The summed E-state index contributed by atoms with van der Waals surface area (Å²) < 4.78 is 0. The molecule has 2 N–H and O–H groups in total. The van der Waals surface area contributed by atoms with Crippen molar-refractivity contribution in [2.24, 2.45) is 0 Å². The smallest absolute Gasteiger partial charge is 0.263 e. The van der Waals surface area contributed by atoms with E-state index in [2.05, 4.69) is 6.07 Å². The summed E-state index contributed by atoms with van der Waals surface area (Å²) in [5, 5.41) is 0. The van der Waals surface area contributed by atoms with Crippen molar-refractivity contribution in [3.63, 3.8) is 0 Å². The quantitative estimate of drug-likeness (QED) is 0.881. The molecule has 0 saturated heterocycles. The van der Waals surface area contributed by atoms with Crippen LogP contribution in [0.15, 0.2) is 30.3 Å². The van der Waals surface area contributed by atoms with E-state index in [0.29, 0.717) is 6.54 Å². The number of hydrogen-bond donors (Lipinski definition) is 1. The molecule has 0 atom stereocenters. The summed E-state index contributed by atoms with van der Waals surface area (Å²) in [6, 6.07) is 9.76. The molecule has 20 heavy (non-hydrogen) atoms. The monoisotopic (exact) mass is 286 g/mol. The largest absolute Gasteiger partial charge is 0.399 e. The van der Waals surface area contributed by atoms with E-state index in [1.165, 1.54) is 16.9 Å². The van der Waals surface area contributed by atoms with E-state index < -0.39 is 0 Å². The first-order valence-electron chi connectivity index (χ1n) is 6.85. The van der Waals surface area contributed by atoms with Crippen LogP contribution in [0, 0.1) is 0 Å². The van der Waals surface area contributed by atoms with E-state index in [9.17, 15) is 4.79 Å². The normalized spacial score (nSPS) is 13.2. The second kappa shape index (κ2) is 5.29. The van der Waals surface area contributed by atoms with E-state index in [1.807, 2.05) is 31.3 Å². The molecule has 0 fully saturated rings. The third kappa shape index (κ3) is 2.56. The first kappa shape index (κ1) is 13.2. The highest BCUT2D eigenvalue weighted by atomic mass is 32.1. The maximum atomic E-state index is 12.4. The Hall–Kier alpha value is -1.81. The predicted molar refractivity (Wildman–Crippen MR) is 83.0 cm³/mol.